The van der Waals surface area contributed by atoms with Crippen LogP contribution >= 0.6 is 0 Å². The van der Waals surface area contributed by atoms with Crippen molar-refractivity contribution in [3.63, 3.8) is 0 Å². The second-order valence-corrected chi connectivity index (χ2v) is 4.40. The van der Waals surface area contributed by atoms with Crippen molar-refractivity contribution in [2.24, 2.45) is 0 Å². The average molecular weight is 290 g/mol. The Hall–Kier alpha value is -2.35. The molecule has 112 valence electrons. The highest BCUT2D eigenvalue weighted by atomic mass is 16.5. The highest BCUT2D eigenvalue weighted by Gasteiger charge is 2.17. The van der Waals surface area contributed by atoms with Crippen LogP contribution in [0, 0.1) is 0 Å². The lowest BCUT2D eigenvalue weighted by molar-refractivity contribution is -0.126. The first-order valence-corrected chi connectivity index (χ1v) is 6.82. The van der Waals surface area contributed by atoms with Crippen molar-refractivity contribution < 1.29 is 9.53 Å². The lowest BCUT2D eigenvalue weighted by atomic mass is 10.3. The number of hydrogen-bond acceptors (Lipinski definition) is 6. The maximum Gasteiger partial charge on any atom is 0.255 e. The van der Waals surface area contributed by atoms with Crippen molar-refractivity contribution in [2.45, 2.75) is 32.8 Å². The van der Waals surface area contributed by atoms with Gasteiger partial charge in [-0.05, 0) is 19.4 Å². The summed E-state index contributed by atoms with van der Waals surface area (Å²) in [7, 11) is 0. The molecule has 2 aromatic rings. The molecule has 1 N–H and O–H groups in total. The van der Waals surface area contributed by atoms with Crippen LogP contribution in [0.15, 0.2) is 24.8 Å². The Morgan fingerprint density at radius 2 is 2.14 bits per heavy atom. The van der Waals surface area contributed by atoms with Crippen LogP contribution in [-0.2, 0) is 9.53 Å². The third-order valence-corrected chi connectivity index (χ3v) is 2.76. The molecule has 0 radical (unpaired) electrons. The van der Waals surface area contributed by atoms with Gasteiger partial charge in [-0.25, -0.2) is 9.97 Å². The van der Waals surface area contributed by atoms with Crippen molar-refractivity contribution in [3.05, 3.63) is 24.8 Å². The van der Waals surface area contributed by atoms with Crippen molar-refractivity contribution in [2.75, 3.05) is 11.9 Å². The third kappa shape index (κ3) is 4.06. The molecule has 0 aliphatic rings. The van der Waals surface area contributed by atoms with E-state index in [1.807, 2.05) is 0 Å². The Kier molecular flexibility index (Phi) is 5.33. The number of hydrogen-bond donors (Lipinski definition) is 1. The molecule has 0 aliphatic heterocycles. The molecule has 0 saturated heterocycles. The number of carbonyl (C=O) groups excluding carboxylic acids is 1. The molecule has 1 amide bonds. The second-order valence-electron chi connectivity index (χ2n) is 4.40. The Morgan fingerprint density at radius 1 is 1.38 bits per heavy atom. The van der Waals surface area contributed by atoms with Crippen LogP contribution in [0.25, 0.3) is 5.95 Å². The highest BCUT2D eigenvalue weighted by Crippen LogP contribution is 2.08. The van der Waals surface area contributed by atoms with Crippen LogP contribution in [0.1, 0.15) is 26.7 Å². The summed E-state index contributed by atoms with van der Waals surface area (Å²) in [5.74, 6) is 0.318. The van der Waals surface area contributed by atoms with E-state index < -0.39 is 6.10 Å². The minimum Gasteiger partial charge on any atom is -0.369 e. The van der Waals surface area contributed by atoms with E-state index in [-0.39, 0.29) is 11.9 Å². The van der Waals surface area contributed by atoms with E-state index >= 15 is 0 Å². The Bertz CT molecular complexity index is 571. The zero-order valence-corrected chi connectivity index (χ0v) is 12.1. The molecule has 0 bridgehead atoms. The van der Waals surface area contributed by atoms with E-state index in [0.717, 1.165) is 12.8 Å². The largest absolute Gasteiger partial charge is 0.369 e. The summed E-state index contributed by atoms with van der Waals surface area (Å²) in [6.07, 6.45) is 5.89. The maximum atomic E-state index is 12.0. The van der Waals surface area contributed by atoms with Crippen LogP contribution in [0.4, 0.5) is 5.95 Å². The average Bonchev–Trinajstić information content (AvgIpc) is 2.96. The summed E-state index contributed by atoms with van der Waals surface area (Å²) in [4.78, 5) is 24.1. The molecular weight excluding hydrogens is 272 g/mol. The molecule has 2 heterocycles. The summed E-state index contributed by atoms with van der Waals surface area (Å²) < 4.78 is 6.80. The molecular formula is C13H18N6O2. The number of rotatable bonds is 7. The van der Waals surface area contributed by atoms with Gasteiger partial charge < -0.3 is 4.74 Å². The fourth-order valence-electron chi connectivity index (χ4n) is 1.57. The smallest absolute Gasteiger partial charge is 0.255 e. The molecule has 21 heavy (non-hydrogen) atoms. The number of nitrogens with zero attached hydrogens (tertiary/aromatic N) is 5. The van der Waals surface area contributed by atoms with E-state index in [2.05, 4.69) is 32.3 Å². The van der Waals surface area contributed by atoms with Gasteiger partial charge >= 0.3 is 0 Å². The van der Waals surface area contributed by atoms with Gasteiger partial charge in [0.2, 0.25) is 5.95 Å². The summed E-state index contributed by atoms with van der Waals surface area (Å²) in [5, 5.41) is 6.66. The summed E-state index contributed by atoms with van der Waals surface area (Å²) >= 11 is 0. The standard InChI is InChI=1S/C13H18N6O2/c1-3-4-8-21-10(2)11(20)18-13-16-9-17-19(13)12-14-6-5-7-15-12/h5-7,9-10H,3-4,8H2,1-2H3,(H,16,17,18,20). The molecule has 1 atom stereocenters. The van der Waals surface area contributed by atoms with Crippen LogP contribution in [0.5, 0.6) is 0 Å². The number of nitrogens with one attached hydrogen (secondary N) is 1. The van der Waals surface area contributed by atoms with E-state index in [4.69, 9.17) is 4.74 Å². The predicted molar refractivity (Wildman–Crippen MR) is 75.9 cm³/mol. The van der Waals surface area contributed by atoms with Crippen LogP contribution in [0.3, 0.4) is 0 Å². The zero-order valence-electron chi connectivity index (χ0n) is 12.1. The van der Waals surface area contributed by atoms with Crippen LogP contribution < -0.4 is 5.32 Å². The molecule has 0 saturated carbocycles. The quantitative estimate of drug-likeness (QED) is 0.770. The molecule has 2 aromatic heterocycles. The maximum absolute atomic E-state index is 12.0. The molecule has 2 rings (SSSR count). The normalized spacial score (nSPS) is 12.1. The van der Waals surface area contributed by atoms with Gasteiger partial charge in [0.25, 0.3) is 11.9 Å². The minimum absolute atomic E-state index is 0.261. The number of unbranched alkanes of at least 4 members (excludes halogenated alkanes) is 1. The van der Waals surface area contributed by atoms with Gasteiger partial charge in [-0.15, -0.1) is 0 Å². The minimum atomic E-state index is -0.557. The second kappa shape index (κ2) is 7.44. The molecule has 0 aliphatic carbocycles. The van der Waals surface area contributed by atoms with Gasteiger partial charge in [-0.1, -0.05) is 13.3 Å². The Morgan fingerprint density at radius 3 is 2.86 bits per heavy atom. The van der Waals surface area contributed by atoms with Gasteiger partial charge in [0.05, 0.1) is 0 Å². The SMILES string of the molecule is CCCCOC(C)C(=O)Nc1ncnn1-c1ncccn1. The summed E-state index contributed by atoms with van der Waals surface area (Å²) in [6.45, 7) is 4.32. The highest BCUT2D eigenvalue weighted by molar-refractivity contribution is 5.92. The predicted octanol–water partition coefficient (Wildman–Crippen LogP) is 1.20. The van der Waals surface area contributed by atoms with Crippen molar-refractivity contribution in [1.29, 1.82) is 0 Å². The fourth-order valence-corrected chi connectivity index (χ4v) is 1.57. The number of carbonyl (C=O) groups is 1. The molecule has 0 fully saturated rings. The van der Waals surface area contributed by atoms with Gasteiger partial charge in [0.1, 0.15) is 12.4 Å². The number of amides is 1. The molecule has 0 spiro atoms. The number of aromatic nitrogens is 5. The molecule has 0 aromatic carbocycles. The third-order valence-electron chi connectivity index (χ3n) is 2.76. The zero-order chi connectivity index (χ0) is 15.1. The topological polar surface area (TPSA) is 94.8 Å². The fraction of sp³-hybridized carbons (Fsp3) is 0.462. The first kappa shape index (κ1) is 15.0. The van der Waals surface area contributed by atoms with E-state index in [0.29, 0.717) is 12.6 Å². The molecule has 8 heteroatoms. The first-order chi connectivity index (χ1) is 10.2. The van der Waals surface area contributed by atoms with E-state index in [1.165, 1.54) is 11.0 Å². The Labute approximate surface area is 122 Å². The van der Waals surface area contributed by atoms with E-state index in [9.17, 15) is 4.79 Å². The van der Waals surface area contributed by atoms with Gasteiger partial charge in [0.15, 0.2) is 0 Å². The molecule has 8 nitrogen and oxygen atoms in total. The lowest BCUT2D eigenvalue weighted by Gasteiger charge is -2.12. The van der Waals surface area contributed by atoms with E-state index in [1.54, 1.807) is 25.4 Å². The van der Waals surface area contributed by atoms with Crippen molar-refractivity contribution in [1.82, 2.24) is 24.7 Å². The lowest BCUT2D eigenvalue weighted by Crippen LogP contribution is -2.29. The summed E-state index contributed by atoms with van der Waals surface area (Å²) in [6, 6.07) is 1.70. The van der Waals surface area contributed by atoms with Gasteiger partial charge in [-0.3, -0.25) is 10.1 Å². The first-order valence-electron chi connectivity index (χ1n) is 6.82. The number of anilines is 1. The van der Waals surface area contributed by atoms with Gasteiger partial charge in [-0.2, -0.15) is 14.8 Å². The monoisotopic (exact) mass is 290 g/mol. The van der Waals surface area contributed by atoms with Crippen LogP contribution in [0.2, 0.25) is 0 Å². The van der Waals surface area contributed by atoms with Crippen molar-refractivity contribution in [3.8, 4) is 5.95 Å². The van der Waals surface area contributed by atoms with Gasteiger partial charge in [0, 0.05) is 19.0 Å². The van der Waals surface area contributed by atoms with Crippen LogP contribution in [-0.4, -0.2) is 43.4 Å². The number of ether oxygens (including phenoxy) is 1. The summed E-state index contributed by atoms with van der Waals surface area (Å²) in [5.41, 5.74) is 0. The Balaban J connectivity index is 2.01. The molecule has 1 unspecified atom stereocenters. The van der Waals surface area contributed by atoms with Crippen molar-refractivity contribution >= 4 is 11.9 Å².